The van der Waals surface area contributed by atoms with Crippen LogP contribution in [0, 0.1) is 6.92 Å². The smallest absolute Gasteiger partial charge is 0.236 e. The van der Waals surface area contributed by atoms with Crippen molar-refractivity contribution in [1.82, 2.24) is 9.97 Å². The Labute approximate surface area is 138 Å². The van der Waals surface area contributed by atoms with Crippen molar-refractivity contribution in [2.24, 2.45) is 0 Å². The van der Waals surface area contributed by atoms with E-state index < -0.39 is 0 Å². The van der Waals surface area contributed by atoms with Gasteiger partial charge >= 0.3 is 0 Å². The molecule has 0 unspecified atom stereocenters. The molecule has 0 saturated heterocycles. The van der Waals surface area contributed by atoms with E-state index in [1.54, 1.807) is 11.3 Å². The zero-order valence-electron chi connectivity index (χ0n) is 12.8. The summed E-state index contributed by atoms with van der Waals surface area (Å²) >= 11 is 1.63. The van der Waals surface area contributed by atoms with Crippen LogP contribution in [0.25, 0.3) is 10.8 Å². The second-order valence-electron chi connectivity index (χ2n) is 5.49. The molecule has 0 radical (unpaired) electrons. The lowest BCUT2D eigenvalue weighted by Gasteiger charge is -2.16. The molecule has 23 heavy (non-hydrogen) atoms. The van der Waals surface area contributed by atoms with Gasteiger partial charge in [0.25, 0.3) is 0 Å². The predicted octanol–water partition coefficient (Wildman–Crippen LogP) is 3.79. The van der Waals surface area contributed by atoms with Crippen LogP contribution in [-0.2, 0) is 24.3 Å². The molecule has 5 nitrogen and oxygen atoms in total. The Kier molecular flexibility index (Phi) is 3.85. The van der Waals surface area contributed by atoms with Crippen LogP contribution in [0.5, 0.6) is 0 Å². The van der Waals surface area contributed by atoms with Crippen molar-refractivity contribution in [3.63, 3.8) is 0 Å². The van der Waals surface area contributed by atoms with Gasteiger partial charge in [0, 0.05) is 17.7 Å². The molecule has 0 amide bonds. The first-order valence-electron chi connectivity index (χ1n) is 7.59. The Hall–Kier alpha value is -2.18. The second kappa shape index (κ2) is 6.14. The molecule has 4 rings (SSSR count). The average molecular weight is 327 g/mol. The molecule has 0 spiro atoms. The monoisotopic (exact) mass is 327 g/mol. The van der Waals surface area contributed by atoms with Gasteiger partial charge in [0.05, 0.1) is 36.5 Å². The number of thiophene rings is 1. The highest BCUT2D eigenvalue weighted by Gasteiger charge is 2.14. The van der Waals surface area contributed by atoms with Gasteiger partial charge in [-0.25, -0.2) is 4.98 Å². The van der Waals surface area contributed by atoms with Crippen LogP contribution in [0.1, 0.15) is 22.7 Å². The number of ether oxygens (including phenoxy) is 1. The summed E-state index contributed by atoms with van der Waals surface area (Å²) < 4.78 is 11.2. The van der Waals surface area contributed by atoms with Crippen LogP contribution >= 0.6 is 11.3 Å². The second-order valence-corrected chi connectivity index (χ2v) is 6.43. The molecule has 0 bridgehead atoms. The van der Waals surface area contributed by atoms with Gasteiger partial charge in [-0.15, -0.1) is 11.3 Å². The third kappa shape index (κ3) is 3.00. The lowest BCUT2D eigenvalue weighted by atomic mass is 10.1. The molecular formula is C17H17N3O2S. The number of nitrogens with zero attached hydrogens (tertiary/aromatic N) is 2. The summed E-state index contributed by atoms with van der Waals surface area (Å²) in [5, 5.41) is 5.39. The van der Waals surface area contributed by atoms with Crippen molar-refractivity contribution in [2.75, 3.05) is 11.9 Å². The van der Waals surface area contributed by atoms with Crippen molar-refractivity contribution in [3.8, 4) is 10.8 Å². The molecule has 1 N–H and O–H groups in total. The van der Waals surface area contributed by atoms with Crippen molar-refractivity contribution in [3.05, 3.63) is 52.5 Å². The van der Waals surface area contributed by atoms with Crippen molar-refractivity contribution in [1.29, 1.82) is 0 Å². The number of aromatic nitrogens is 2. The summed E-state index contributed by atoms with van der Waals surface area (Å²) in [6.07, 6.45) is 2.77. The van der Waals surface area contributed by atoms with Crippen LogP contribution < -0.4 is 5.32 Å². The normalized spacial score (nSPS) is 13.8. The maximum Gasteiger partial charge on any atom is 0.236 e. The first-order chi connectivity index (χ1) is 11.3. The average Bonchev–Trinajstić information content (AvgIpc) is 3.22. The zero-order chi connectivity index (χ0) is 15.6. The number of pyridine rings is 1. The minimum atomic E-state index is 0.613. The summed E-state index contributed by atoms with van der Waals surface area (Å²) in [5.74, 6) is 1.53. The zero-order valence-corrected chi connectivity index (χ0v) is 13.7. The highest BCUT2D eigenvalue weighted by Crippen LogP contribution is 2.26. The molecule has 3 aromatic heterocycles. The SMILES string of the molecule is Cc1oc(-c2cccs2)nc1CNc1cnc2c(c1)COCC2. The van der Waals surface area contributed by atoms with Crippen LogP contribution in [0.15, 0.2) is 34.2 Å². The van der Waals surface area contributed by atoms with Crippen LogP contribution in [0.4, 0.5) is 5.69 Å². The third-order valence-corrected chi connectivity index (χ3v) is 4.74. The van der Waals surface area contributed by atoms with Gasteiger partial charge < -0.3 is 14.5 Å². The summed E-state index contributed by atoms with van der Waals surface area (Å²) in [6.45, 7) is 3.96. The quantitative estimate of drug-likeness (QED) is 0.790. The van der Waals surface area contributed by atoms with Crippen molar-refractivity contribution < 1.29 is 9.15 Å². The van der Waals surface area contributed by atoms with E-state index in [1.807, 2.05) is 30.6 Å². The number of hydrogen-bond donors (Lipinski definition) is 1. The first-order valence-corrected chi connectivity index (χ1v) is 8.47. The Morgan fingerprint density at radius 3 is 3.22 bits per heavy atom. The molecule has 0 atom stereocenters. The molecule has 6 heteroatoms. The number of oxazole rings is 1. The highest BCUT2D eigenvalue weighted by molar-refractivity contribution is 7.13. The molecule has 118 valence electrons. The summed E-state index contributed by atoms with van der Waals surface area (Å²) in [7, 11) is 0. The van der Waals surface area contributed by atoms with Crippen LogP contribution in [-0.4, -0.2) is 16.6 Å². The maximum absolute atomic E-state index is 5.76. The van der Waals surface area contributed by atoms with Gasteiger partial charge in [-0.05, 0) is 24.4 Å². The number of anilines is 1. The van der Waals surface area contributed by atoms with Crippen molar-refractivity contribution in [2.45, 2.75) is 26.5 Å². The fraction of sp³-hybridized carbons (Fsp3) is 0.294. The Morgan fingerprint density at radius 1 is 1.39 bits per heavy atom. The molecule has 0 saturated carbocycles. The largest absolute Gasteiger partial charge is 0.440 e. The lowest BCUT2D eigenvalue weighted by molar-refractivity contribution is 0.109. The molecule has 0 aromatic carbocycles. The lowest BCUT2D eigenvalue weighted by Crippen LogP contribution is -2.12. The fourth-order valence-electron chi connectivity index (χ4n) is 2.62. The van der Waals surface area contributed by atoms with E-state index in [-0.39, 0.29) is 0 Å². The molecule has 0 fully saturated rings. The van der Waals surface area contributed by atoms with E-state index in [0.717, 1.165) is 46.3 Å². The molecule has 3 aromatic rings. The predicted molar refractivity (Wildman–Crippen MR) is 89.5 cm³/mol. The van der Waals surface area contributed by atoms with E-state index in [0.29, 0.717) is 19.0 Å². The molecule has 4 heterocycles. The van der Waals surface area contributed by atoms with Gasteiger partial charge in [-0.3, -0.25) is 4.98 Å². The maximum atomic E-state index is 5.76. The number of nitrogens with one attached hydrogen (secondary N) is 1. The number of aryl methyl sites for hydroxylation is 1. The topological polar surface area (TPSA) is 60.2 Å². The van der Waals surface area contributed by atoms with Gasteiger partial charge in [-0.1, -0.05) is 6.07 Å². The molecular weight excluding hydrogens is 310 g/mol. The fourth-order valence-corrected chi connectivity index (χ4v) is 3.27. The summed E-state index contributed by atoms with van der Waals surface area (Å²) in [6, 6.07) is 6.12. The minimum absolute atomic E-state index is 0.613. The van der Waals surface area contributed by atoms with E-state index in [4.69, 9.17) is 9.15 Å². The number of rotatable bonds is 4. The molecule has 0 aliphatic carbocycles. The van der Waals surface area contributed by atoms with Gasteiger partial charge in [-0.2, -0.15) is 0 Å². The van der Waals surface area contributed by atoms with Gasteiger partial charge in [0.2, 0.25) is 5.89 Å². The van der Waals surface area contributed by atoms with Crippen molar-refractivity contribution >= 4 is 17.0 Å². The van der Waals surface area contributed by atoms with Gasteiger partial charge in [0.1, 0.15) is 11.5 Å². The molecule has 1 aliphatic rings. The highest BCUT2D eigenvalue weighted by atomic mass is 32.1. The van der Waals surface area contributed by atoms with E-state index in [9.17, 15) is 0 Å². The number of hydrogen-bond acceptors (Lipinski definition) is 6. The number of fused-ring (bicyclic) bond motifs is 1. The summed E-state index contributed by atoms with van der Waals surface area (Å²) in [4.78, 5) is 10.2. The Bertz CT molecular complexity index is 811. The van der Waals surface area contributed by atoms with Crippen LogP contribution in [0.2, 0.25) is 0 Å². The van der Waals surface area contributed by atoms with Crippen LogP contribution in [0.3, 0.4) is 0 Å². The third-order valence-electron chi connectivity index (χ3n) is 3.89. The Morgan fingerprint density at radius 2 is 2.35 bits per heavy atom. The van der Waals surface area contributed by atoms with E-state index in [1.165, 1.54) is 0 Å². The molecule has 1 aliphatic heterocycles. The Balaban J connectivity index is 1.49. The summed E-state index contributed by atoms with van der Waals surface area (Å²) in [5.41, 5.74) is 4.20. The van der Waals surface area contributed by atoms with E-state index in [2.05, 4.69) is 21.4 Å². The first kappa shape index (κ1) is 14.4. The standard InChI is InChI=1S/C17H17N3O2S/c1-11-15(20-17(22-11)16-3-2-6-23-16)9-18-13-7-12-10-21-5-4-14(12)19-8-13/h2-3,6-8,18H,4-5,9-10H2,1H3. The minimum Gasteiger partial charge on any atom is -0.440 e. The van der Waals surface area contributed by atoms with Gasteiger partial charge in [0.15, 0.2) is 0 Å². The van der Waals surface area contributed by atoms with E-state index >= 15 is 0 Å².